The molecule has 1 aliphatic heterocycles. The Bertz CT molecular complexity index is 1120. The van der Waals surface area contributed by atoms with Crippen molar-refractivity contribution in [2.24, 2.45) is 0 Å². The molecule has 0 aromatic heterocycles. The molecule has 0 saturated carbocycles. The molecule has 10 nitrogen and oxygen atoms in total. The van der Waals surface area contributed by atoms with E-state index in [0.29, 0.717) is 12.8 Å². The third-order valence-electron chi connectivity index (χ3n) is 11.1. The Kier molecular flexibility index (Phi) is 37.8. The van der Waals surface area contributed by atoms with Gasteiger partial charge in [0.25, 0.3) is 0 Å². The van der Waals surface area contributed by atoms with Crippen molar-refractivity contribution < 1.29 is 49.0 Å². The summed E-state index contributed by atoms with van der Waals surface area (Å²) in [5, 5.41) is 40.1. The molecule has 0 aliphatic carbocycles. The second kappa shape index (κ2) is 40.7. The number of aliphatic hydroxyl groups is 4. The molecule has 10 heteroatoms. The molecular weight excluding hydrogens is 761 g/mol. The Labute approximate surface area is 365 Å². The van der Waals surface area contributed by atoms with Gasteiger partial charge < -0.3 is 39.4 Å². The van der Waals surface area contributed by atoms with Gasteiger partial charge in [0.05, 0.1) is 13.2 Å². The molecular formula is C50H88O10. The zero-order valence-electron chi connectivity index (χ0n) is 37.9. The number of unbranched alkanes of at least 4 members (excludes halogenated alkanes) is 24. The van der Waals surface area contributed by atoms with Gasteiger partial charge in [-0.25, -0.2) is 0 Å². The molecule has 1 saturated heterocycles. The van der Waals surface area contributed by atoms with E-state index in [1.54, 1.807) is 0 Å². The Balaban J connectivity index is 2.29. The average Bonchev–Trinajstić information content (AvgIpc) is 3.25. The summed E-state index contributed by atoms with van der Waals surface area (Å²) in [7, 11) is 0. The van der Waals surface area contributed by atoms with Crippen LogP contribution in [0.3, 0.4) is 0 Å². The first-order valence-corrected chi connectivity index (χ1v) is 24.3. The monoisotopic (exact) mass is 849 g/mol. The Morgan fingerprint density at radius 2 is 0.983 bits per heavy atom. The summed E-state index contributed by atoms with van der Waals surface area (Å²) in [6, 6.07) is 0. The average molecular weight is 849 g/mol. The van der Waals surface area contributed by atoms with Crippen LogP contribution in [-0.4, -0.2) is 89.0 Å². The van der Waals surface area contributed by atoms with E-state index in [1.807, 2.05) is 30.4 Å². The predicted molar refractivity (Wildman–Crippen MR) is 242 cm³/mol. The highest BCUT2D eigenvalue weighted by molar-refractivity contribution is 5.70. The minimum atomic E-state index is -1.60. The van der Waals surface area contributed by atoms with Gasteiger partial charge in [-0.15, -0.1) is 0 Å². The first kappa shape index (κ1) is 55.7. The van der Waals surface area contributed by atoms with Gasteiger partial charge in [0.2, 0.25) is 0 Å². The van der Waals surface area contributed by atoms with Crippen LogP contribution < -0.4 is 0 Å². The largest absolute Gasteiger partial charge is 0.462 e. The molecule has 1 aliphatic rings. The molecule has 348 valence electrons. The smallest absolute Gasteiger partial charge is 0.306 e. The lowest BCUT2D eigenvalue weighted by Gasteiger charge is -2.39. The second-order valence-electron chi connectivity index (χ2n) is 16.6. The number of carbonyl (C=O) groups excluding carboxylic acids is 2. The van der Waals surface area contributed by atoms with Crippen LogP contribution in [0.5, 0.6) is 0 Å². The van der Waals surface area contributed by atoms with Gasteiger partial charge in [0.1, 0.15) is 31.0 Å². The van der Waals surface area contributed by atoms with Gasteiger partial charge in [-0.2, -0.15) is 0 Å². The van der Waals surface area contributed by atoms with Crippen LogP contribution in [0.15, 0.2) is 48.6 Å². The molecule has 0 radical (unpaired) electrons. The highest BCUT2D eigenvalue weighted by Crippen LogP contribution is 2.23. The molecule has 0 bridgehead atoms. The lowest BCUT2D eigenvalue weighted by atomic mass is 9.99. The lowest BCUT2D eigenvalue weighted by molar-refractivity contribution is -0.305. The van der Waals surface area contributed by atoms with Crippen LogP contribution in [0, 0.1) is 0 Å². The molecule has 4 N–H and O–H groups in total. The van der Waals surface area contributed by atoms with Crippen LogP contribution in [-0.2, 0) is 28.5 Å². The fourth-order valence-electron chi connectivity index (χ4n) is 7.26. The molecule has 1 heterocycles. The summed E-state index contributed by atoms with van der Waals surface area (Å²) in [5.41, 5.74) is 0. The van der Waals surface area contributed by atoms with E-state index in [4.69, 9.17) is 18.9 Å². The van der Waals surface area contributed by atoms with Crippen molar-refractivity contribution >= 4 is 11.9 Å². The highest BCUT2D eigenvalue weighted by Gasteiger charge is 2.44. The summed E-state index contributed by atoms with van der Waals surface area (Å²) >= 11 is 0. The summed E-state index contributed by atoms with van der Waals surface area (Å²) in [6.07, 6.45) is 41.2. The number of hydrogen-bond donors (Lipinski definition) is 4. The van der Waals surface area contributed by atoms with Crippen LogP contribution in [0.4, 0.5) is 0 Å². The first-order chi connectivity index (χ1) is 29.3. The van der Waals surface area contributed by atoms with E-state index >= 15 is 0 Å². The molecule has 0 spiro atoms. The van der Waals surface area contributed by atoms with E-state index < -0.39 is 55.4 Å². The summed E-state index contributed by atoms with van der Waals surface area (Å²) < 4.78 is 22.2. The van der Waals surface area contributed by atoms with E-state index in [2.05, 4.69) is 32.1 Å². The topological polar surface area (TPSA) is 152 Å². The molecule has 0 amide bonds. The van der Waals surface area contributed by atoms with E-state index in [-0.39, 0.29) is 26.1 Å². The summed E-state index contributed by atoms with van der Waals surface area (Å²) in [4.78, 5) is 25.4. The van der Waals surface area contributed by atoms with Gasteiger partial charge in [-0.3, -0.25) is 9.59 Å². The fourth-order valence-corrected chi connectivity index (χ4v) is 7.26. The summed E-state index contributed by atoms with van der Waals surface area (Å²) in [5.74, 6) is -0.828. The number of aliphatic hydroxyl groups excluding tert-OH is 4. The fraction of sp³-hybridized carbons (Fsp3) is 0.800. The Morgan fingerprint density at radius 1 is 0.533 bits per heavy atom. The predicted octanol–water partition coefficient (Wildman–Crippen LogP) is 10.8. The lowest BCUT2D eigenvalue weighted by Crippen LogP contribution is -2.59. The molecule has 2 unspecified atom stereocenters. The van der Waals surface area contributed by atoms with Crippen molar-refractivity contribution in [1.29, 1.82) is 0 Å². The second-order valence-corrected chi connectivity index (χ2v) is 16.6. The number of hydrogen-bond acceptors (Lipinski definition) is 10. The maximum absolute atomic E-state index is 12.8. The van der Waals surface area contributed by atoms with E-state index in [0.717, 1.165) is 57.8 Å². The highest BCUT2D eigenvalue weighted by atomic mass is 16.7. The molecule has 0 aromatic carbocycles. The zero-order chi connectivity index (χ0) is 43.7. The van der Waals surface area contributed by atoms with Gasteiger partial charge in [-0.1, -0.05) is 204 Å². The van der Waals surface area contributed by atoms with Crippen LogP contribution in [0.2, 0.25) is 0 Å². The quantitative estimate of drug-likeness (QED) is 0.0266. The minimum absolute atomic E-state index is 0.226. The van der Waals surface area contributed by atoms with Crippen molar-refractivity contribution in [3.8, 4) is 0 Å². The zero-order valence-corrected chi connectivity index (χ0v) is 37.9. The maximum atomic E-state index is 12.8. The minimum Gasteiger partial charge on any atom is -0.462 e. The van der Waals surface area contributed by atoms with Crippen LogP contribution >= 0.6 is 0 Å². The van der Waals surface area contributed by atoms with Crippen molar-refractivity contribution in [3.63, 3.8) is 0 Å². The normalized spacial score (nSPS) is 20.3. The molecule has 1 rings (SSSR count). The Morgan fingerprint density at radius 3 is 1.48 bits per heavy atom. The van der Waals surface area contributed by atoms with Gasteiger partial charge in [0, 0.05) is 12.8 Å². The molecule has 0 aromatic rings. The van der Waals surface area contributed by atoms with Crippen LogP contribution in [0.25, 0.3) is 0 Å². The van der Waals surface area contributed by atoms with Gasteiger partial charge in [-0.05, 0) is 32.1 Å². The third kappa shape index (κ3) is 31.5. The number of ether oxygens (including phenoxy) is 4. The van der Waals surface area contributed by atoms with Crippen molar-refractivity contribution in [1.82, 2.24) is 0 Å². The van der Waals surface area contributed by atoms with Crippen LogP contribution in [0.1, 0.15) is 200 Å². The Hall–Kier alpha value is -2.34. The number of esters is 2. The number of allylic oxidation sites excluding steroid dienone is 8. The van der Waals surface area contributed by atoms with Gasteiger partial charge >= 0.3 is 11.9 Å². The first-order valence-electron chi connectivity index (χ1n) is 24.3. The SMILES string of the molecule is CC/C=C/C=C/C=C/C=C/CCCCCCCC(=O)OC[C@H](CO[C@@H]1O[C@H](CO)[C@H](O)C(O)C1O)OC(=O)CCCCCCCCCCCCCCCCCCCCCC. The standard InChI is InChI=1S/C50H88O10/c1-3-5-7-9-11-13-15-17-19-20-21-22-23-25-27-29-31-33-35-37-39-46(53)59-43(42-58-50-49(56)48(55)47(54)44(40-51)60-50)41-57-45(52)38-36-34-32-30-28-26-24-18-16-14-12-10-8-6-4-2/h6,8,10,12,14,16,18,24,43-44,47-51,54-56H,3-5,7,9,11,13,15,17,19-23,25-42H2,1-2H3/b8-6+,12-10+,16-14+,24-18+/t43-,44-,47+,48?,49?,50-/m1/s1. The van der Waals surface area contributed by atoms with Crippen molar-refractivity contribution in [3.05, 3.63) is 48.6 Å². The molecule has 1 fully saturated rings. The number of rotatable bonds is 40. The third-order valence-corrected chi connectivity index (χ3v) is 11.1. The number of carbonyl (C=O) groups is 2. The molecule has 6 atom stereocenters. The van der Waals surface area contributed by atoms with E-state index in [9.17, 15) is 30.0 Å². The molecule has 60 heavy (non-hydrogen) atoms. The summed E-state index contributed by atoms with van der Waals surface area (Å²) in [6.45, 7) is 3.28. The van der Waals surface area contributed by atoms with Crippen molar-refractivity contribution in [2.75, 3.05) is 19.8 Å². The van der Waals surface area contributed by atoms with E-state index in [1.165, 1.54) is 103 Å². The van der Waals surface area contributed by atoms with Crippen molar-refractivity contribution in [2.45, 2.75) is 237 Å². The van der Waals surface area contributed by atoms with Gasteiger partial charge in [0.15, 0.2) is 12.4 Å². The maximum Gasteiger partial charge on any atom is 0.306 e.